The van der Waals surface area contributed by atoms with Crippen molar-refractivity contribution in [1.82, 2.24) is 0 Å². The van der Waals surface area contributed by atoms with Gasteiger partial charge in [0.1, 0.15) is 49.6 Å². The van der Waals surface area contributed by atoms with E-state index in [4.69, 9.17) is 28.9 Å². The summed E-state index contributed by atoms with van der Waals surface area (Å²) in [5.74, 6) is 2.98. The minimum Gasteiger partial charge on any atom is -0.478 e. The largest absolute Gasteiger partial charge is 0.478 e. The van der Waals surface area contributed by atoms with Gasteiger partial charge in [0, 0.05) is 12.8 Å². The van der Waals surface area contributed by atoms with Gasteiger partial charge < -0.3 is 18.9 Å². The highest BCUT2D eigenvalue weighted by molar-refractivity contribution is 5.99. The molecule has 0 unspecified atom stereocenters. The molecule has 0 bridgehead atoms. The molecule has 4 aromatic carbocycles. The van der Waals surface area contributed by atoms with Crippen LogP contribution in [0.25, 0.3) is 0 Å². The summed E-state index contributed by atoms with van der Waals surface area (Å²) in [5.41, 5.74) is 7.70. The van der Waals surface area contributed by atoms with Crippen LogP contribution in [-0.2, 0) is 31.8 Å². The van der Waals surface area contributed by atoms with E-state index in [0.717, 1.165) is 24.6 Å². The number of hydrogen-bond donors (Lipinski definition) is 0. The average Bonchev–Trinajstić information content (AvgIpc) is 3.98. The molecular weight excluding hydrogens is 600 g/mol. The summed E-state index contributed by atoms with van der Waals surface area (Å²) in [4.78, 5) is 19.0. The predicted molar refractivity (Wildman–Crippen MR) is 185 cm³/mol. The molecule has 0 fully saturated rings. The molecule has 4 heterocycles. The minimum atomic E-state index is 0.0816. The summed E-state index contributed by atoms with van der Waals surface area (Å²) in [5, 5.41) is 0. The van der Waals surface area contributed by atoms with Gasteiger partial charge in [-0.1, -0.05) is 109 Å². The second kappa shape index (κ2) is 12.4. The normalized spacial score (nSPS) is 26.9. The lowest BCUT2D eigenvalue weighted by Gasteiger charge is -2.10. The van der Waals surface area contributed by atoms with E-state index in [1.54, 1.807) is 0 Å². The molecule has 2 aliphatic carbocycles. The Hall–Kier alpha value is -5.24. The Labute approximate surface area is 279 Å². The molecule has 0 radical (unpaired) electrons. The van der Waals surface area contributed by atoms with E-state index in [2.05, 4.69) is 82.8 Å². The zero-order valence-corrected chi connectivity index (χ0v) is 26.5. The highest BCUT2D eigenvalue weighted by atomic mass is 16.5. The summed E-state index contributed by atoms with van der Waals surface area (Å²) < 4.78 is 23.6. The van der Waals surface area contributed by atoms with Gasteiger partial charge in [-0.25, -0.2) is 20.0 Å². The summed E-state index contributed by atoms with van der Waals surface area (Å²) in [6.45, 7) is 1.18. The number of hydrogen-bond acceptors (Lipinski definition) is 8. The third-order valence-electron chi connectivity index (χ3n) is 9.82. The van der Waals surface area contributed by atoms with Crippen molar-refractivity contribution in [2.45, 2.75) is 62.1 Å². The van der Waals surface area contributed by atoms with Gasteiger partial charge in [-0.05, 0) is 33.4 Å². The van der Waals surface area contributed by atoms with Gasteiger partial charge in [-0.3, -0.25) is 0 Å². The first-order valence-corrected chi connectivity index (χ1v) is 16.8. The number of benzene rings is 4. The fourth-order valence-corrected chi connectivity index (χ4v) is 7.48. The van der Waals surface area contributed by atoms with Crippen molar-refractivity contribution >= 4 is 23.6 Å². The number of rotatable bonds is 6. The Morgan fingerprint density at radius 3 is 1.35 bits per heavy atom. The second-order valence-electron chi connectivity index (χ2n) is 12.9. The van der Waals surface area contributed by atoms with Gasteiger partial charge in [0.2, 0.25) is 0 Å². The molecule has 8 nitrogen and oxygen atoms in total. The molecule has 240 valence electrons. The molecule has 6 atom stereocenters. The van der Waals surface area contributed by atoms with Crippen molar-refractivity contribution in [3.05, 3.63) is 143 Å². The van der Waals surface area contributed by atoms with Gasteiger partial charge >= 0.3 is 0 Å². The Morgan fingerprint density at radius 2 is 0.875 bits per heavy atom. The number of fused-ring (bicyclic) bond motifs is 6. The second-order valence-corrected chi connectivity index (χ2v) is 12.9. The maximum atomic E-state index is 6.11. The van der Waals surface area contributed by atoms with Gasteiger partial charge in [0.25, 0.3) is 0 Å². The quantitative estimate of drug-likeness (QED) is 0.223. The number of ether oxygens (including phenoxy) is 4. The van der Waals surface area contributed by atoms with Gasteiger partial charge in [-0.15, -0.1) is 0 Å². The molecular formula is C40H36N4O4. The first kappa shape index (κ1) is 28.9. The zero-order chi connectivity index (χ0) is 31.9. The predicted octanol–water partition coefficient (Wildman–Crippen LogP) is 7.28. The summed E-state index contributed by atoms with van der Waals surface area (Å²) in [7, 11) is 0. The highest BCUT2D eigenvalue weighted by Crippen LogP contribution is 2.43. The van der Waals surface area contributed by atoms with Crippen LogP contribution in [0.15, 0.2) is 129 Å². The summed E-state index contributed by atoms with van der Waals surface area (Å²) in [6.07, 6.45) is 3.29. The van der Waals surface area contributed by atoms with Gasteiger partial charge in [-0.2, -0.15) is 0 Å². The molecule has 4 aliphatic heterocycles. The lowest BCUT2D eigenvalue weighted by molar-refractivity contribution is 0.192. The third kappa shape index (κ3) is 5.65. The summed E-state index contributed by atoms with van der Waals surface area (Å²) >= 11 is 0. The van der Waals surface area contributed by atoms with Crippen molar-refractivity contribution in [3.63, 3.8) is 0 Å². The standard InChI is InChI=1S/C21H18N2O2.C19H18N2O2/c1-3-7-14-12(5-1)9-16-20(14)22-18(24-16)11-19-23-21-15-8-4-2-6-13(15)10-17(21)25-19;1-3-7-14(8-4-1)16-12-22-18(20-16)11-19-21-17(13-23-19)15-9-5-2-6-10-15/h1-8,16-17,20-21H,9-11H2;1-10,16-17H,11-13H2/t16-,17-,20+,21+;16-,17-/m00/s1. The Bertz CT molecular complexity index is 1800. The highest BCUT2D eigenvalue weighted by Gasteiger charge is 2.42. The van der Waals surface area contributed by atoms with E-state index in [1.807, 2.05) is 36.4 Å². The van der Waals surface area contributed by atoms with Gasteiger partial charge in [0.05, 0.1) is 12.8 Å². The molecule has 0 spiro atoms. The van der Waals surface area contributed by atoms with Crippen LogP contribution < -0.4 is 0 Å². The molecule has 48 heavy (non-hydrogen) atoms. The van der Waals surface area contributed by atoms with E-state index in [1.165, 1.54) is 33.4 Å². The molecule has 6 aliphatic rings. The fourth-order valence-electron chi connectivity index (χ4n) is 7.48. The number of aliphatic imine (C=N–C) groups is 4. The first-order valence-electron chi connectivity index (χ1n) is 16.8. The Morgan fingerprint density at radius 1 is 0.458 bits per heavy atom. The van der Waals surface area contributed by atoms with Crippen LogP contribution in [0.3, 0.4) is 0 Å². The maximum Gasteiger partial charge on any atom is 0.193 e. The van der Waals surface area contributed by atoms with Crippen LogP contribution in [0, 0.1) is 0 Å². The molecule has 0 N–H and O–H groups in total. The van der Waals surface area contributed by atoms with Crippen LogP contribution in [0.4, 0.5) is 0 Å². The fraction of sp³-hybridized carbons (Fsp3) is 0.300. The molecule has 10 rings (SSSR count). The average molecular weight is 637 g/mol. The van der Waals surface area contributed by atoms with E-state index in [9.17, 15) is 0 Å². The molecule has 0 amide bonds. The van der Waals surface area contributed by atoms with E-state index >= 15 is 0 Å². The molecule has 0 saturated carbocycles. The SMILES string of the molecule is c1ccc([C@@H]2COC(CC3=N[C@H](c4ccccc4)CO3)=N2)cc1.c1ccc2c(c1)C[C@@H]1OC(CC3=N[C@@H]4c5ccccc5C[C@@H]4O3)=N[C@H]21. The lowest BCUT2D eigenvalue weighted by atomic mass is 10.1. The third-order valence-corrected chi connectivity index (χ3v) is 9.82. The monoisotopic (exact) mass is 636 g/mol. The van der Waals surface area contributed by atoms with Crippen LogP contribution in [-0.4, -0.2) is 49.0 Å². The van der Waals surface area contributed by atoms with Crippen molar-refractivity contribution < 1.29 is 18.9 Å². The van der Waals surface area contributed by atoms with Crippen molar-refractivity contribution in [2.24, 2.45) is 20.0 Å². The van der Waals surface area contributed by atoms with Crippen LogP contribution >= 0.6 is 0 Å². The van der Waals surface area contributed by atoms with Crippen molar-refractivity contribution in [2.75, 3.05) is 13.2 Å². The molecule has 4 aromatic rings. The topological polar surface area (TPSA) is 86.4 Å². The van der Waals surface area contributed by atoms with E-state index < -0.39 is 0 Å². The molecule has 0 aromatic heterocycles. The van der Waals surface area contributed by atoms with Crippen LogP contribution in [0.5, 0.6) is 0 Å². The summed E-state index contributed by atoms with van der Waals surface area (Å²) in [6, 6.07) is 37.9. The Balaban J connectivity index is 0.000000131. The van der Waals surface area contributed by atoms with E-state index in [-0.39, 0.29) is 36.4 Å². The van der Waals surface area contributed by atoms with Crippen LogP contribution in [0.2, 0.25) is 0 Å². The van der Waals surface area contributed by atoms with Crippen molar-refractivity contribution in [3.8, 4) is 0 Å². The minimum absolute atomic E-state index is 0.0816. The lowest BCUT2D eigenvalue weighted by Crippen LogP contribution is -2.17. The zero-order valence-electron chi connectivity index (χ0n) is 26.5. The van der Waals surface area contributed by atoms with Crippen molar-refractivity contribution in [1.29, 1.82) is 0 Å². The molecule has 8 heteroatoms. The van der Waals surface area contributed by atoms with E-state index in [0.29, 0.717) is 37.9 Å². The Kier molecular flexibility index (Phi) is 7.48. The first-order chi connectivity index (χ1) is 23.7. The van der Waals surface area contributed by atoms with Crippen LogP contribution in [0.1, 0.15) is 70.4 Å². The molecule has 0 saturated heterocycles. The maximum absolute atomic E-state index is 6.11. The van der Waals surface area contributed by atoms with Gasteiger partial charge in [0.15, 0.2) is 23.6 Å². The number of nitrogens with zero attached hydrogens (tertiary/aromatic N) is 4. The smallest absolute Gasteiger partial charge is 0.193 e.